The van der Waals surface area contributed by atoms with Gasteiger partial charge in [0.15, 0.2) is 11.6 Å². The third-order valence-electron chi connectivity index (χ3n) is 4.13. The zero-order valence-corrected chi connectivity index (χ0v) is 12.4. The van der Waals surface area contributed by atoms with Gasteiger partial charge < -0.3 is 9.64 Å². The Balaban J connectivity index is 2.30. The first-order valence-corrected chi connectivity index (χ1v) is 6.94. The molecule has 1 heterocycles. The predicted molar refractivity (Wildman–Crippen MR) is 75.3 cm³/mol. The lowest BCUT2D eigenvalue weighted by Gasteiger charge is -2.33. The van der Waals surface area contributed by atoms with Crippen LogP contribution >= 0.6 is 0 Å². The van der Waals surface area contributed by atoms with Crippen molar-refractivity contribution in [3.8, 4) is 5.75 Å². The number of imide groups is 1. The largest absolute Gasteiger partial charge is 0.494 e. The summed E-state index contributed by atoms with van der Waals surface area (Å²) in [6.07, 6.45) is 1.03. The number of halogens is 1. The van der Waals surface area contributed by atoms with E-state index in [-0.39, 0.29) is 18.2 Å². The minimum atomic E-state index is -0.854. The van der Waals surface area contributed by atoms with Crippen LogP contribution in [0.1, 0.15) is 32.3 Å². The molecule has 1 aromatic rings. The van der Waals surface area contributed by atoms with Crippen molar-refractivity contribution in [2.24, 2.45) is 0 Å². The van der Waals surface area contributed by atoms with Crippen LogP contribution in [0.5, 0.6) is 5.75 Å². The first-order chi connectivity index (χ1) is 9.98. The second-order valence-electron chi connectivity index (χ2n) is 5.05. The minimum absolute atomic E-state index is 0.151. The number of rotatable bonds is 5. The number of urea groups is 1. The fourth-order valence-corrected chi connectivity index (χ4v) is 2.76. The van der Waals surface area contributed by atoms with Crippen molar-refractivity contribution in [2.75, 3.05) is 7.11 Å². The second-order valence-corrected chi connectivity index (χ2v) is 5.05. The van der Waals surface area contributed by atoms with E-state index in [9.17, 15) is 14.0 Å². The molecule has 0 saturated carbocycles. The molecule has 1 aliphatic rings. The average molecular weight is 294 g/mol. The fraction of sp³-hybridized carbons (Fsp3) is 0.467. The van der Waals surface area contributed by atoms with Gasteiger partial charge in [-0.15, -0.1) is 0 Å². The van der Waals surface area contributed by atoms with E-state index >= 15 is 0 Å². The molecule has 0 spiro atoms. The molecule has 1 saturated heterocycles. The monoisotopic (exact) mass is 294 g/mol. The third kappa shape index (κ3) is 2.46. The highest BCUT2D eigenvalue weighted by molar-refractivity contribution is 6.06. The van der Waals surface area contributed by atoms with Crippen LogP contribution in [0.4, 0.5) is 9.18 Å². The molecule has 0 bridgehead atoms. The van der Waals surface area contributed by atoms with E-state index in [1.807, 2.05) is 13.8 Å². The molecule has 6 heteroatoms. The number of ether oxygens (including phenoxy) is 1. The number of hydrogen-bond donors (Lipinski definition) is 1. The van der Waals surface area contributed by atoms with Crippen molar-refractivity contribution in [1.82, 2.24) is 10.2 Å². The summed E-state index contributed by atoms with van der Waals surface area (Å²) >= 11 is 0. The molecule has 0 aliphatic carbocycles. The minimum Gasteiger partial charge on any atom is -0.494 e. The van der Waals surface area contributed by atoms with Crippen LogP contribution in [-0.2, 0) is 11.3 Å². The van der Waals surface area contributed by atoms with Gasteiger partial charge in [0.05, 0.1) is 7.11 Å². The molecule has 0 radical (unpaired) electrons. The van der Waals surface area contributed by atoms with Crippen molar-refractivity contribution in [3.05, 3.63) is 29.6 Å². The third-order valence-corrected chi connectivity index (χ3v) is 4.13. The summed E-state index contributed by atoms with van der Waals surface area (Å²) in [7, 11) is 1.39. The molecule has 0 atom stereocenters. The Morgan fingerprint density at radius 1 is 1.29 bits per heavy atom. The standard InChI is InChI=1S/C15H19FN2O3/c1-4-15(5-2)13(19)17-14(20)18(15)9-10-6-7-12(21-3)11(16)8-10/h6-8H,4-5,9H2,1-3H3,(H,17,19,20). The summed E-state index contributed by atoms with van der Waals surface area (Å²) in [5, 5.41) is 2.35. The highest BCUT2D eigenvalue weighted by atomic mass is 19.1. The molecule has 0 unspecified atom stereocenters. The quantitative estimate of drug-likeness (QED) is 0.849. The van der Waals surface area contributed by atoms with Gasteiger partial charge in [-0.3, -0.25) is 10.1 Å². The molecule has 2 rings (SSSR count). The van der Waals surface area contributed by atoms with E-state index in [1.165, 1.54) is 24.1 Å². The molecule has 1 aromatic carbocycles. The lowest BCUT2D eigenvalue weighted by molar-refractivity contribution is -0.127. The molecular formula is C15H19FN2O3. The van der Waals surface area contributed by atoms with Crippen LogP contribution in [0, 0.1) is 5.82 Å². The SMILES string of the molecule is CCC1(CC)C(=O)NC(=O)N1Cc1ccc(OC)c(F)c1. The number of amides is 3. The Morgan fingerprint density at radius 3 is 2.48 bits per heavy atom. The zero-order valence-electron chi connectivity index (χ0n) is 12.4. The van der Waals surface area contributed by atoms with Crippen LogP contribution < -0.4 is 10.1 Å². The van der Waals surface area contributed by atoms with Crippen molar-refractivity contribution < 1.29 is 18.7 Å². The lowest BCUT2D eigenvalue weighted by atomic mass is 9.91. The number of nitrogens with one attached hydrogen (secondary N) is 1. The van der Waals surface area contributed by atoms with Gasteiger partial charge in [0.25, 0.3) is 5.91 Å². The maximum absolute atomic E-state index is 13.7. The maximum Gasteiger partial charge on any atom is 0.325 e. The van der Waals surface area contributed by atoms with Gasteiger partial charge in [0.2, 0.25) is 0 Å². The lowest BCUT2D eigenvalue weighted by Crippen LogP contribution is -2.48. The van der Waals surface area contributed by atoms with Crippen molar-refractivity contribution in [3.63, 3.8) is 0 Å². The van der Waals surface area contributed by atoms with Gasteiger partial charge in [-0.25, -0.2) is 9.18 Å². The molecule has 1 fully saturated rings. The van der Waals surface area contributed by atoms with Crippen LogP contribution in [0.25, 0.3) is 0 Å². The highest BCUT2D eigenvalue weighted by Crippen LogP contribution is 2.31. The van der Waals surface area contributed by atoms with Crippen LogP contribution in [0.3, 0.4) is 0 Å². The normalized spacial score (nSPS) is 17.0. The molecule has 5 nitrogen and oxygen atoms in total. The highest BCUT2D eigenvalue weighted by Gasteiger charge is 2.50. The van der Waals surface area contributed by atoms with Gasteiger partial charge in [-0.2, -0.15) is 0 Å². The second kappa shape index (κ2) is 5.71. The number of methoxy groups -OCH3 is 1. The van der Waals surface area contributed by atoms with Crippen LogP contribution in [0.15, 0.2) is 18.2 Å². The fourth-order valence-electron chi connectivity index (χ4n) is 2.76. The summed E-state index contributed by atoms with van der Waals surface area (Å²) < 4.78 is 18.6. The van der Waals surface area contributed by atoms with Crippen LogP contribution in [0.2, 0.25) is 0 Å². The van der Waals surface area contributed by atoms with Gasteiger partial charge in [-0.1, -0.05) is 19.9 Å². The van der Waals surface area contributed by atoms with Crippen molar-refractivity contribution in [1.29, 1.82) is 0 Å². The van der Waals surface area contributed by atoms with E-state index in [0.29, 0.717) is 18.4 Å². The smallest absolute Gasteiger partial charge is 0.325 e. The van der Waals surface area contributed by atoms with Gasteiger partial charge >= 0.3 is 6.03 Å². The Labute approximate surface area is 123 Å². The first kappa shape index (κ1) is 15.3. The Hall–Kier alpha value is -2.11. The zero-order chi connectivity index (χ0) is 15.6. The van der Waals surface area contributed by atoms with Gasteiger partial charge in [-0.05, 0) is 30.5 Å². The molecule has 0 aromatic heterocycles. The predicted octanol–water partition coefficient (Wildman–Crippen LogP) is 2.44. The molecule has 21 heavy (non-hydrogen) atoms. The topological polar surface area (TPSA) is 58.6 Å². The molecular weight excluding hydrogens is 275 g/mol. The number of hydrogen-bond acceptors (Lipinski definition) is 3. The Kier molecular flexibility index (Phi) is 4.16. The average Bonchev–Trinajstić information content (AvgIpc) is 2.70. The van der Waals surface area contributed by atoms with E-state index in [4.69, 9.17) is 4.74 Å². The molecule has 114 valence electrons. The van der Waals surface area contributed by atoms with Crippen molar-refractivity contribution in [2.45, 2.75) is 38.8 Å². The van der Waals surface area contributed by atoms with Crippen LogP contribution in [-0.4, -0.2) is 29.5 Å². The molecule has 1 aliphatic heterocycles. The summed E-state index contributed by atoms with van der Waals surface area (Å²) in [6.45, 7) is 3.91. The van der Waals surface area contributed by atoms with E-state index < -0.39 is 17.4 Å². The van der Waals surface area contributed by atoms with Crippen molar-refractivity contribution >= 4 is 11.9 Å². The van der Waals surface area contributed by atoms with Gasteiger partial charge in [0.1, 0.15) is 5.54 Å². The van der Waals surface area contributed by atoms with E-state index in [0.717, 1.165) is 0 Å². The Morgan fingerprint density at radius 2 is 1.95 bits per heavy atom. The number of benzene rings is 1. The maximum atomic E-state index is 13.7. The molecule has 3 amide bonds. The van der Waals surface area contributed by atoms with E-state index in [2.05, 4.69) is 5.32 Å². The first-order valence-electron chi connectivity index (χ1n) is 6.94. The molecule has 1 N–H and O–H groups in total. The number of carbonyl (C=O) groups is 2. The van der Waals surface area contributed by atoms with E-state index in [1.54, 1.807) is 6.07 Å². The summed E-state index contributed by atoms with van der Waals surface area (Å²) in [5.41, 5.74) is -0.238. The summed E-state index contributed by atoms with van der Waals surface area (Å²) in [4.78, 5) is 25.6. The number of carbonyl (C=O) groups excluding carboxylic acids is 2. The summed E-state index contributed by atoms with van der Waals surface area (Å²) in [6, 6.07) is 4.10. The van der Waals surface area contributed by atoms with Gasteiger partial charge in [0, 0.05) is 6.54 Å². The Bertz CT molecular complexity index is 570. The number of nitrogens with zero attached hydrogens (tertiary/aromatic N) is 1. The summed E-state index contributed by atoms with van der Waals surface area (Å²) in [5.74, 6) is -0.621.